The van der Waals surface area contributed by atoms with E-state index in [9.17, 15) is 10.1 Å². The van der Waals surface area contributed by atoms with Crippen LogP contribution in [0.5, 0.6) is 0 Å². The zero-order valence-electron chi connectivity index (χ0n) is 14.8. The normalized spacial score (nSPS) is 10.8. The van der Waals surface area contributed by atoms with Crippen LogP contribution in [0, 0.1) is 11.3 Å². The molecule has 27 heavy (non-hydrogen) atoms. The Hall–Kier alpha value is -2.68. The minimum atomic E-state index is -1.34. The molecule has 0 aliphatic carbocycles. The summed E-state index contributed by atoms with van der Waals surface area (Å²) < 4.78 is -1.34. The zero-order chi connectivity index (χ0) is 19.1. The summed E-state index contributed by atoms with van der Waals surface area (Å²) in [5.74, 6) is -0.265. The van der Waals surface area contributed by atoms with Crippen molar-refractivity contribution in [3.63, 3.8) is 0 Å². The summed E-state index contributed by atoms with van der Waals surface area (Å²) in [6, 6.07) is 30.8. The SMILES string of the molecule is CN(C(=O)C(C#N)(Sc1ccccc1)Sc1ccccc1)c1ccccc1. The van der Waals surface area contributed by atoms with Crippen LogP contribution in [0.15, 0.2) is 101 Å². The number of carbonyl (C=O) groups is 1. The molecule has 5 heteroatoms. The Morgan fingerprint density at radius 1 is 0.815 bits per heavy atom. The van der Waals surface area contributed by atoms with Crippen molar-refractivity contribution >= 4 is 35.1 Å². The molecule has 1 amide bonds. The number of para-hydroxylation sites is 1. The third kappa shape index (κ3) is 4.54. The number of amides is 1. The van der Waals surface area contributed by atoms with Crippen molar-refractivity contribution in [2.24, 2.45) is 0 Å². The molecule has 0 radical (unpaired) electrons. The van der Waals surface area contributed by atoms with Crippen LogP contribution in [-0.4, -0.2) is 17.0 Å². The molecule has 0 aliphatic heterocycles. The van der Waals surface area contributed by atoms with E-state index in [2.05, 4.69) is 6.07 Å². The Morgan fingerprint density at radius 2 is 1.22 bits per heavy atom. The number of carbonyl (C=O) groups excluding carboxylic acids is 1. The van der Waals surface area contributed by atoms with Crippen molar-refractivity contribution in [2.45, 2.75) is 13.9 Å². The van der Waals surface area contributed by atoms with Gasteiger partial charge in [0.1, 0.15) is 6.07 Å². The molecule has 0 saturated carbocycles. The average molecular weight is 391 g/mol. The second-order valence-corrected chi connectivity index (χ2v) is 8.59. The molecule has 3 aromatic carbocycles. The van der Waals surface area contributed by atoms with Crippen molar-refractivity contribution in [2.75, 3.05) is 11.9 Å². The largest absolute Gasteiger partial charge is 0.313 e. The van der Waals surface area contributed by atoms with Crippen molar-refractivity contribution in [3.05, 3.63) is 91.0 Å². The Kier molecular flexibility index (Phi) is 6.23. The quantitative estimate of drug-likeness (QED) is 0.414. The van der Waals surface area contributed by atoms with Gasteiger partial charge in [-0.2, -0.15) is 5.26 Å². The third-order valence-corrected chi connectivity index (χ3v) is 6.51. The average Bonchev–Trinajstić information content (AvgIpc) is 2.74. The first-order valence-corrected chi connectivity index (χ1v) is 10.0. The van der Waals surface area contributed by atoms with Crippen molar-refractivity contribution in [1.29, 1.82) is 5.26 Å². The van der Waals surface area contributed by atoms with E-state index in [4.69, 9.17) is 0 Å². The Bertz CT molecular complexity index is 883. The van der Waals surface area contributed by atoms with E-state index in [0.717, 1.165) is 15.5 Å². The predicted octanol–water partition coefficient (Wildman–Crippen LogP) is 5.45. The number of rotatable bonds is 6. The van der Waals surface area contributed by atoms with Crippen LogP contribution in [0.4, 0.5) is 5.69 Å². The van der Waals surface area contributed by atoms with Gasteiger partial charge in [-0.3, -0.25) is 4.79 Å². The monoisotopic (exact) mass is 390 g/mol. The lowest BCUT2D eigenvalue weighted by molar-refractivity contribution is -0.117. The summed E-state index contributed by atoms with van der Waals surface area (Å²) in [6.07, 6.45) is 0. The maximum atomic E-state index is 13.5. The Labute approximate surface area is 168 Å². The maximum Gasteiger partial charge on any atom is 0.268 e. The van der Waals surface area contributed by atoms with Gasteiger partial charge < -0.3 is 4.90 Å². The molecular weight excluding hydrogens is 372 g/mol. The van der Waals surface area contributed by atoms with Gasteiger partial charge in [-0.1, -0.05) is 78.1 Å². The van der Waals surface area contributed by atoms with E-state index < -0.39 is 4.08 Å². The summed E-state index contributed by atoms with van der Waals surface area (Å²) in [4.78, 5) is 16.8. The van der Waals surface area contributed by atoms with Crippen LogP contribution in [0.1, 0.15) is 0 Å². The van der Waals surface area contributed by atoms with Crippen LogP contribution in [0.25, 0.3) is 0 Å². The number of thioether (sulfide) groups is 2. The molecule has 0 bridgehead atoms. The maximum absolute atomic E-state index is 13.5. The van der Waals surface area contributed by atoms with Crippen molar-refractivity contribution in [1.82, 2.24) is 0 Å². The van der Waals surface area contributed by atoms with Gasteiger partial charge in [0, 0.05) is 22.5 Å². The van der Waals surface area contributed by atoms with Gasteiger partial charge in [-0.05, 0) is 36.4 Å². The molecule has 0 unspecified atom stereocenters. The molecule has 0 aromatic heterocycles. The highest BCUT2D eigenvalue weighted by atomic mass is 32.2. The van der Waals surface area contributed by atoms with E-state index in [-0.39, 0.29) is 5.91 Å². The number of nitrogens with zero attached hydrogens (tertiary/aromatic N) is 2. The Balaban J connectivity index is 2.00. The highest BCUT2D eigenvalue weighted by molar-refractivity contribution is 8.19. The predicted molar refractivity (Wildman–Crippen MR) is 113 cm³/mol. The van der Waals surface area contributed by atoms with E-state index in [1.54, 1.807) is 11.9 Å². The van der Waals surface area contributed by atoms with Gasteiger partial charge in [0.25, 0.3) is 5.91 Å². The van der Waals surface area contributed by atoms with Gasteiger partial charge >= 0.3 is 0 Å². The van der Waals surface area contributed by atoms with E-state index in [1.807, 2.05) is 91.0 Å². The van der Waals surface area contributed by atoms with Gasteiger partial charge in [0.05, 0.1) is 0 Å². The molecule has 3 nitrogen and oxygen atoms in total. The van der Waals surface area contributed by atoms with E-state index in [0.29, 0.717) is 0 Å². The Morgan fingerprint density at radius 3 is 1.63 bits per heavy atom. The van der Waals surface area contributed by atoms with Crippen LogP contribution in [0.3, 0.4) is 0 Å². The number of nitriles is 1. The topological polar surface area (TPSA) is 44.1 Å². The molecule has 0 N–H and O–H groups in total. The molecule has 134 valence electrons. The zero-order valence-corrected chi connectivity index (χ0v) is 16.4. The summed E-state index contributed by atoms with van der Waals surface area (Å²) in [5.41, 5.74) is 0.754. The number of hydrogen-bond acceptors (Lipinski definition) is 4. The highest BCUT2D eigenvalue weighted by Gasteiger charge is 2.44. The van der Waals surface area contributed by atoms with Crippen LogP contribution in [0.2, 0.25) is 0 Å². The number of anilines is 1. The minimum Gasteiger partial charge on any atom is -0.313 e. The number of benzene rings is 3. The fourth-order valence-corrected chi connectivity index (χ4v) is 5.03. The first-order chi connectivity index (χ1) is 13.1. The van der Waals surface area contributed by atoms with Gasteiger partial charge in [0.2, 0.25) is 4.08 Å². The van der Waals surface area contributed by atoms with Gasteiger partial charge in [0.15, 0.2) is 0 Å². The summed E-state index contributed by atoms with van der Waals surface area (Å²) >= 11 is 2.55. The molecule has 0 fully saturated rings. The summed E-state index contributed by atoms with van der Waals surface area (Å²) in [7, 11) is 1.71. The van der Waals surface area contributed by atoms with E-state index in [1.165, 1.54) is 23.5 Å². The molecule has 0 saturated heterocycles. The molecule has 0 spiro atoms. The standard InChI is InChI=1S/C22H18N2OS2/c1-24(18-11-5-2-6-12-18)21(25)22(17-23,26-19-13-7-3-8-14-19)27-20-15-9-4-10-16-20/h2-16H,1H3. The lowest BCUT2D eigenvalue weighted by Crippen LogP contribution is -2.42. The fraction of sp³-hybridized carbons (Fsp3) is 0.0909. The molecule has 3 aromatic rings. The first kappa shape index (κ1) is 19.1. The van der Waals surface area contributed by atoms with Crippen molar-refractivity contribution < 1.29 is 4.79 Å². The minimum absolute atomic E-state index is 0.265. The number of hydrogen-bond donors (Lipinski definition) is 0. The van der Waals surface area contributed by atoms with Crippen LogP contribution < -0.4 is 4.90 Å². The third-order valence-electron chi connectivity index (χ3n) is 3.89. The lowest BCUT2D eigenvalue weighted by atomic mass is 10.3. The van der Waals surface area contributed by atoms with Crippen LogP contribution in [-0.2, 0) is 4.79 Å². The van der Waals surface area contributed by atoms with Gasteiger partial charge in [-0.15, -0.1) is 0 Å². The molecule has 0 heterocycles. The lowest BCUT2D eigenvalue weighted by Gasteiger charge is -2.29. The summed E-state index contributed by atoms with van der Waals surface area (Å²) in [6.45, 7) is 0. The molecule has 0 aliphatic rings. The second kappa shape index (κ2) is 8.81. The second-order valence-electron chi connectivity index (χ2n) is 5.76. The fourth-order valence-electron chi connectivity index (χ4n) is 2.50. The van der Waals surface area contributed by atoms with E-state index >= 15 is 0 Å². The first-order valence-electron chi connectivity index (χ1n) is 8.37. The molecular formula is C22H18N2OS2. The van der Waals surface area contributed by atoms with Crippen LogP contribution >= 0.6 is 23.5 Å². The smallest absolute Gasteiger partial charge is 0.268 e. The molecule has 0 atom stereocenters. The van der Waals surface area contributed by atoms with Gasteiger partial charge in [-0.25, -0.2) is 0 Å². The summed E-state index contributed by atoms with van der Waals surface area (Å²) in [5, 5.41) is 10.1. The van der Waals surface area contributed by atoms with Crippen molar-refractivity contribution in [3.8, 4) is 6.07 Å². The molecule has 3 rings (SSSR count). The highest BCUT2D eigenvalue weighted by Crippen LogP contribution is 2.46.